The van der Waals surface area contributed by atoms with Crippen molar-refractivity contribution in [3.05, 3.63) is 17.8 Å². The van der Waals surface area contributed by atoms with Gasteiger partial charge in [-0.05, 0) is 26.8 Å². The summed E-state index contributed by atoms with van der Waals surface area (Å²) in [6.45, 7) is 2.08. The molecule has 2 rings (SSSR count). The van der Waals surface area contributed by atoms with E-state index in [2.05, 4.69) is 17.2 Å². The molecule has 0 amide bonds. The van der Waals surface area contributed by atoms with Gasteiger partial charge in [-0.3, -0.25) is 0 Å². The Bertz CT molecular complexity index is 481. The van der Waals surface area contributed by atoms with Crippen molar-refractivity contribution < 1.29 is 12.8 Å². The lowest BCUT2D eigenvalue weighted by molar-refractivity contribution is 0.390. The number of hydrogen-bond acceptors (Lipinski definition) is 5. The quantitative estimate of drug-likeness (QED) is 0.889. The molecule has 0 aromatic carbocycles. The minimum Gasteiger partial charge on any atom is -0.445 e. The van der Waals surface area contributed by atoms with Crippen LogP contribution in [0.25, 0.3) is 0 Å². The highest BCUT2D eigenvalue weighted by Crippen LogP contribution is 2.28. The monoisotopic (exact) mass is 272 g/mol. The van der Waals surface area contributed by atoms with Crippen LogP contribution >= 0.6 is 0 Å². The van der Waals surface area contributed by atoms with Gasteiger partial charge in [0, 0.05) is 18.4 Å². The van der Waals surface area contributed by atoms with E-state index in [-0.39, 0.29) is 17.4 Å². The van der Waals surface area contributed by atoms with Gasteiger partial charge in [-0.15, -0.1) is 0 Å². The van der Waals surface area contributed by atoms with Gasteiger partial charge >= 0.3 is 0 Å². The zero-order chi connectivity index (χ0) is 13.2. The Hall–Kier alpha value is -0.880. The van der Waals surface area contributed by atoms with Gasteiger partial charge in [0.25, 0.3) is 0 Å². The van der Waals surface area contributed by atoms with E-state index < -0.39 is 9.84 Å². The Morgan fingerprint density at radius 2 is 2.17 bits per heavy atom. The molecule has 5 nitrogen and oxygen atoms in total. The lowest BCUT2D eigenvalue weighted by atomic mass is 10.0. The molecule has 1 N–H and O–H groups in total. The van der Waals surface area contributed by atoms with Crippen molar-refractivity contribution in [1.29, 1.82) is 0 Å². The average molecular weight is 272 g/mol. The van der Waals surface area contributed by atoms with Crippen LogP contribution in [0.5, 0.6) is 0 Å². The number of sulfone groups is 1. The number of nitrogens with one attached hydrogen (secondary N) is 1. The molecule has 1 saturated heterocycles. The smallest absolute Gasteiger partial charge is 0.197 e. The van der Waals surface area contributed by atoms with Crippen LogP contribution in [-0.2, 0) is 16.3 Å². The largest absolute Gasteiger partial charge is 0.445 e. The van der Waals surface area contributed by atoms with Gasteiger partial charge in [-0.2, -0.15) is 0 Å². The topological polar surface area (TPSA) is 72.2 Å². The zero-order valence-electron chi connectivity index (χ0n) is 10.8. The molecule has 0 aliphatic carbocycles. The molecular formula is C12H20N2O3S. The molecule has 1 aromatic rings. The summed E-state index contributed by atoms with van der Waals surface area (Å²) in [7, 11) is -0.909. The first-order valence-electron chi connectivity index (χ1n) is 6.32. The normalized spacial score (nSPS) is 21.9. The summed E-state index contributed by atoms with van der Waals surface area (Å²) in [5, 5.41) is 3.15. The Balaban J connectivity index is 1.98. The summed E-state index contributed by atoms with van der Waals surface area (Å²) in [6.07, 6.45) is 3.81. The van der Waals surface area contributed by atoms with Crippen molar-refractivity contribution in [3.8, 4) is 0 Å². The van der Waals surface area contributed by atoms with Gasteiger partial charge in [0.15, 0.2) is 5.89 Å². The van der Waals surface area contributed by atoms with Crippen molar-refractivity contribution in [2.75, 3.05) is 18.6 Å². The van der Waals surface area contributed by atoms with Gasteiger partial charge in [-0.1, -0.05) is 0 Å². The van der Waals surface area contributed by atoms with Crippen molar-refractivity contribution in [1.82, 2.24) is 10.3 Å². The van der Waals surface area contributed by atoms with Crippen LogP contribution in [0.1, 0.15) is 37.3 Å². The molecular weight excluding hydrogens is 252 g/mol. The third kappa shape index (κ3) is 3.32. The molecule has 0 saturated carbocycles. The molecule has 1 aliphatic rings. The van der Waals surface area contributed by atoms with E-state index in [0.717, 1.165) is 12.2 Å². The summed E-state index contributed by atoms with van der Waals surface area (Å²) >= 11 is 0. The van der Waals surface area contributed by atoms with Crippen LogP contribution in [0.2, 0.25) is 0 Å². The van der Waals surface area contributed by atoms with Crippen molar-refractivity contribution in [3.63, 3.8) is 0 Å². The summed E-state index contributed by atoms with van der Waals surface area (Å²) in [4.78, 5) is 4.29. The fourth-order valence-corrected chi connectivity index (χ4v) is 3.64. The molecule has 1 unspecified atom stereocenters. The third-order valence-electron chi connectivity index (χ3n) is 3.48. The number of aromatic nitrogens is 1. The van der Waals surface area contributed by atoms with Gasteiger partial charge in [0.1, 0.15) is 15.6 Å². The molecule has 1 fully saturated rings. The maximum atomic E-state index is 11.4. The average Bonchev–Trinajstić information content (AvgIpc) is 2.77. The summed E-state index contributed by atoms with van der Waals surface area (Å²) in [5.74, 6) is 2.22. The lowest BCUT2D eigenvalue weighted by Gasteiger charge is -2.18. The molecule has 0 bridgehead atoms. The van der Waals surface area contributed by atoms with Crippen LogP contribution in [0, 0.1) is 0 Å². The highest BCUT2D eigenvalue weighted by Gasteiger charge is 2.27. The van der Waals surface area contributed by atoms with Crippen molar-refractivity contribution in [2.45, 2.75) is 38.1 Å². The van der Waals surface area contributed by atoms with E-state index in [0.29, 0.717) is 24.8 Å². The van der Waals surface area contributed by atoms with Crippen LogP contribution in [0.4, 0.5) is 0 Å². The predicted octanol–water partition coefficient (Wildman–Crippen LogP) is 1.12. The first-order valence-corrected chi connectivity index (χ1v) is 8.14. The minimum absolute atomic E-state index is 0.159. The van der Waals surface area contributed by atoms with Gasteiger partial charge in [0.2, 0.25) is 0 Å². The number of oxazole rings is 1. The highest BCUT2D eigenvalue weighted by atomic mass is 32.2. The van der Waals surface area contributed by atoms with E-state index >= 15 is 0 Å². The van der Waals surface area contributed by atoms with Crippen molar-refractivity contribution in [2.24, 2.45) is 0 Å². The minimum atomic E-state index is -2.82. The summed E-state index contributed by atoms with van der Waals surface area (Å²) in [5.41, 5.74) is 0. The maximum absolute atomic E-state index is 11.4. The molecule has 1 aromatic heterocycles. The molecule has 2 heterocycles. The number of likely N-dealkylation sites (N-methyl/N-ethyl adjacent to an activating group) is 1. The van der Waals surface area contributed by atoms with Gasteiger partial charge in [0.05, 0.1) is 17.7 Å². The van der Waals surface area contributed by atoms with Crippen LogP contribution in [0.15, 0.2) is 10.6 Å². The van der Waals surface area contributed by atoms with Crippen molar-refractivity contribution >= 4 is 9.84 Å². The van der Waals surface area contributed by atoms with Crippen LogP contribution in [0.3, 0.4) is 0 Å². The second-order valence-electron chi connectivity index (χ2n) is 4.98. The molecule has 18 heavy (non-hydrogen) atoms. The first kappa shape index (κ1) is 13.5. The molecule has 1 aliphatic heterocycles. The Morgan fingerprint density at radius 1 is 1.50 bits per heavy atom. The standard InChI is InChI=1S/C12H20N2O3S/c1-9(13-2)7-11-8-14-12(17-11)10-3-5-18(15,16)6-4-10/h8-10,13H,3-7H2,1-2H3. The Morgan fingerprint density at radius 3 is 2.78 bits per heavy atom. The lowest BCUT2D eigenvalue weighted by Crippen LogP contribution is -2.23. The zero-order valence-corrected chi connectivity index (χ0v) is 11.7. The summed E-state index contributed by atoms with van der Waals surface area (Å²) < 4.78 is 28.4. The van der Waals surface area contributed by atoms with Crippen LogP contribution in [-0.4, -0.2) is 38.0 Å². The number of nitrogens with zero attached hydrogens (tertiary/aromatic N) is 1. The fraction of sp³-hybridized carbons (Fsp3) is 0.750. The molecule has 6 heteroatoms. The Kier molecular flexibility index (Phi) is 4.07. The highest BCUT2D eigenvalue weighted by molar-refractivity contribution is 7.91. The second kappa shape index (κ2) is 5.40. The molecule has 0 radical (unpaired) electrons. The first-order chi connectivity index (χ1) is 8.50. The van der Waals surface area contributed by atoms with E-state index in [1.807, 2.05) is 7.05 Å². The van der Waals surface area contributed by atoms with Gasteiger partial charge < -0.3 is 9.73 Å². The Labute approximate surface area is 108 Å². The van der Waals surface area contributed by atoms with E-state index in [4.69, 9.17) is 4.42 Å². The predicted molar refractivity (Wildman–Crippen MR) is 69.4 cm³/mol. The third-order valence-corrected chi connectivity index (χ3v) is 5.19. The maximum Gasteiger partial charge on any atom is 0.197 e. The van der Waals surface area contributed by atoms with Gasteiger partial charge in [-0.25, -0.2) is 13.4 Å². The molecule has 0 spiro atoms. The summed E-state index contributed by atoms with van der Waals surface area (Å²) in [6, 6.07) is 0.345. The van der Waals surface area contributed by atoms with E-state index in [1.165, 1.54) is 0 Å². The molecule has 1 atom stereocenters. The number of hydrogen-bond donors (Lipinski definition) is 1. The van der Waals surface area contributed by atoms with E-state index in [9.17, 15) is 8.42 Å². The molecule has 102 valence electrons. The van der Waals surface area contributed by atoms with E-state index in [1.54, 1.807) is 6.20 Å². The van der Waals surface area contributed by atoms with Crippen LogP contribution < -0.4 is 5.32 Å². The SMILES string of the molecule is CNC(C)Cc1cnc(C2CCS(=O)(=O)CC2)o1. The number of rotatable bonds is 4. The second-order valence-corrected chi connectivity index (χ2v) is 7.29. The fourth-order valence-electron chi connectivity index (χ4n) is 2.15.